The minimum absolute atomic E-state index is 0.0676. The Labute approximate surface area is 119 Å². The molecule has 0 saturated carbocycles. The molecule has 1 saturated heterocycles. The average Bonchev–Trinajstić information content (AvgIpc) is 2.97. The predicted octanol–water partition coefficient (Wildman–Crippen LogP) is 2.29. The van der Waals surface area contributed by atoms with Crippen LogP contribution in [0.4, 0.5) is 10.8 Å². The molecule has 2 heterocycles. The van der Waals surface area contributed by atoms with Crippen molar-refractivity contribution in [2.45, 2.75) is 12.3 Å². The summed E-state index contributed by atoms with van der Waals surface area (Å²) >= 11 is 7.19. The van der Waals surface area contributed by atoms with Crippen molar-refractivity contribution in [3.63, 3.8) is 0 Å². The summed E-state index contributed by atoms with van der Waals surface area (Å²) in [5.41, 5.74) is 6.43. The van der Waals surface area contributed by atoms with E-state index in [1.54, 1.807) is 17.0 Å². The maximum Gasteiger partial charge on any atom is 0.227 e. The number of hydrogen-bond acceptors (Lipinski definition) is 5. The maximum absolute atomic E-state index is 12.1. The summed E-state index contributed by atoms with van der Waals surface area (Å²) in [5, 5.41) is 9.73. The highest BCUT2D eigenvalue weighted by molar-refractivity contribution is 7.15. The van der Waals surface area contributed by atoms with Crippen LogP contribution >= 0.6 is 22.9 Å². The molecule has 1 atom stereocenters. The van der Waals surface area contributed by atoms with E-state index in [-0.39, 0.29) is 11.8 Å². The van der Waals surface area contributed by atoms with E-state index in [1.165, 1.54) is 11.3 Å². The Kier molecular flexibility index (Phi) is 3.12. The van der Waals surface area contributed by atoms with Crippen LogP contribution in [0.5, 0.6) is 0 Å². The van der Waals surface area contributed by atoms with Crippen LogP contribution in [-0.2, 0) is 4.79 Å². The fourth-order valence-electron chi connectivity index (χ4n) is 2.16. The molecule has 1 aliphatic rings. The number of nitrogens with zero attached hydrogens (tertiary/aromatic N) is 3. The second-order valence-electron chi connectivity index (χ2n) is 4.36. The highest BCUT2D eigenvalue weighted by Crippen LogP contribution is 2.33. The van der Waals surface area contributed by atoms with Gasteiger partial charge in [-0.25, -0.2) is 0 Å². The molecule has 5 nitrogen and oxygen atoms in total. The zero-order chi connectivity index (χ0) is 13.4. The molecule has 0 spiro atoms. The molecule has 1 amide bonds. The first kappa shape index (κ1) is 12.4. The van der Waals surface area contributed by atoms with Crippen LogP contribution in [0.15, 0.2) is 24.3 Å². The summed E-state index contributed by atoms with van der Waals surface area (Å²) in [6.45, 7) is 0.606. The summed E-state index contributed by atoms with van der Waals surface area (Å²) in [4.78, 5) is 13.8. The van der Waals surface area contributed by atoms with Gasteiger partial charge in [0.05, 0.1) is 0 Å². The minimum atomic E-state index is 0.0676. The number of benzene rings is 1. The van der Waals surface area contributed by atoms with Crippen molar-refractivity contribution in [2.75, 3.05) is 17.2 Å². The maximum atomic E-state index is 12.1. The summed E-state index contributed by atoms with van der Waals surface area (Å²) in [7, 11) is 0. The molecule has 1 unspecified atom stereocenters. The third kappa shape index (κ3) is 2.41. The molecule has 2 aromatic rings. The van der Waals surface area contributed by atoms with Gasteiger partial charge in [0, 0.05) is 29.6 Å². The molecular formula is C12H11ClN4OS. The van der Waals surface area contributed by atoms with Crippen LogP contribution in [-0.4, -0.2) is 22.6 Å². The first-order valence-electron chi connectivity index (χ1n) is 5.78. The number of halogens is 1. The molecule has 0 bridgehead atoms. The third-order valence-corrected chi connectivity index (χ3v) is 4.24. The van der Waals surface area contributed by atoms with Crippen molar-refractivity contribution in [3.05, 3.63) is 34.3 Å². The van der Waals surface area contributed by atoms with Crippen LogP contribution < -0.4 is 10.6 Å². The molecule has 2 N–H and O–H groups in total. The predicted molar refractivity (Wildman–Crippen MR) is 75.5 cm³/mol. The zero-order valence-corrected chi connectivity index (χ0v) is 11.5. The smallest absolute Gasteiger partial charge is 0.227 e. The van der Waals surface area contributed by atoms with E-state index < -0.39 is 0 Å². The van der Waals surface area contributed by atoms with E-state index >= 15 is 0 Å². The Balaban J connectivity index is 1.82. The number of nitrogens with two attached hydrogens (primary N) is 1. The number of carbonyl (C=O) groups is 1. The van der Waals surface area contributed by atoms with Gasteiger partial charge in [0.15, 0.2) is 0 Å². The van der Waals surface area contributed by atoms with Crippen LogP contribution in [0.25, 0.3) is 0 Å². The van der Waals surface area contributed by atoms with Gasteiger partial charge in [-0.15, -0.1) is 10.2 Å². The van der Waals surface area contributed by atoms with Gasteiger partial charge >= 0.3 is 0 Å². The molecule has 19 heavy (non-hydrogen) atoms. The molecule has 0 radical (unpaired) electrons. The average molecular weight is 295 g/mol. The van der Waals surface area contributed by atoms with Crippen molar-refractivity contribution in [1.82, 2.24) is 10.2 Å². The van der Waals surface area contributed by atoms with E-state index in [0.717, 1.165) is 10.7 Å². The largest absolute Gasteiger partial charge is 0.374 e. The number of amides is 1. The van der Waals surface area contributed by atoms with Gasteiger partial charge in [-0.05, 0) is 24.3 Å². The summed E-state index contributed by atoms with van der Waals surface area (Å²) in [6, 6.07) is 7.25. The lowest BCUT2D eigenvalue weighted by Gasteiger charge is -2.16. The highest BCUT2D eigenvalue weighted by atomic mass is 35.5. The van der Waals surface area contributed by atoms with E-state index in [2.05, 4.69) is 10.2 Å². The summed E-state index contributed by atoms with van der Waals surface area (Å²) < 4.78 is 0. The molecular weight excluding hydrogens is 284 g/mol. The Morgan fingerprint density at radius 2 is 2.05 bits per heavy atom. The van der Waals surface area contributed by atoms with Gasteiger partial charge in [-0.3, -0.25) is 4.79 Å². The van der Waals surface area contributed by atoms with E-state index in [9.17, 15) is 4.79 Å². The molecule has 1 fully saturated rings. The SMILES string of the molecule is Nc1nnc(C2CC(=O)N(c3ccc(Cl)cc3)C2)s1. The first-order chi connectivity index (χ1) is 9.13. The molecule has 1 aromatic heterocycles. The first-order valence-corrected chi connectivity index (χ1v) is 6.98. The van der Waals surface area contributed by atoms with Gasteiger partial charge in [0.2, 0.25) is 11.0 Å². The molecule has 7 heteroatoms. The van der Waals surface area contributed by atoms with Crippen LogP contribution in [0.3, 0.4) is 0 Å². The van der Waals surface area contributed by atoms with Crippen LogP contribution in [0.2, 0.25) is 5.02 Å². The number of carbonyl (C=O) groups excluding carboxylic acids is 1. The van der Waals surface area contributed by atoms with Gasteiger partial charge in [0.1, 0.15) is 5.01 Å². The number of anilines is 2. The second kappa shape index (κ2) is 4.79. The topological polar surface area (TPSA) is 72.1 Å². The lowest BCUT2D eigenvalue weighted by molar-refractivity contribution is -0.117. The van der Waals surface area contributed by atoms with E-state index in [4.69, 9.17) is 17.3 Å². The van der Waals surface area contributed by atoms with Crippen LogP contribution in [0.1, 0.15) is 17.3 Å². The van der Waals surface area contributed by atoms with E-state index in [1.807, 2.05) is 12.1 Å². The monoisotopic (exact) mass is 294 g/mol. The Hall–Kier alpha value is -1.66. The van der Waals surface area contributed by atoms with Crippen molar-refractivity contribution in [3.8, 4) is 0 Å². The van der Waals surface area contributed by atoms with Crippen molar-refractivity contribution in [1.29, 1.82) is 0 Å². The van der Waals surface area contributed by atoms with Gasteiger partial charge in [-0.2, -0.15) is 0 Å². The summed E-state index contributed by atoms with van der Waals surface area (Å²) in [6.07, 6.45) is 0.442. The minimum Gasteiger partial charge on any atom is -0.374 e. The summed E-state index contributed by atoms with van der Waals surface area (Å²) in [5.74, 6) is 0.152. The number of rotatable bonds is 2. The van der Waals surface area contributed by atoms with Gasteiger partial charge in [0.25, 0.3) is 0 Å². The standard InChI is InChI=1S/C12H11ClN4OS/c13-8-1-3-9(4-2-8)17-6-7(5-10(17)18)11-15-16-12(14)19-11/h1-4,7H,5-6H2,(H2,14,16). The molecule has 0 aliphatic carbocycles. The van der Waals surface area contributed by atoms with Crippen molar-refractivity contribution < 1.29 is 4.79 Å². The molecule has 1 aliphatic heterocycles. The molecule has 98 valence electrons. The van der Waals surface area contributed by atoms with Gasteiger partial charge < -0.3 is 10.6 Å². The Morgan fingerprint density at radius 3 is 2.68 bits per heavy atom. The number of aromatic nitrogens is 2. The van der Waals surface area contributed by atoms with E-state index in [0.29, 0.717) is 23.1 Å². The third-order valence-electron chi connectivity index (χ3n) is 3.07. The number of hydrogen-bond donors (Lipinski definition) is 1. The molecule has 3 rings (SSSR count). The normalized spacial score (nSPS) is 19.1. The second-order valence-corrected chi connectivity index (χ2v) is 5.84. The highest BCUT2D eigenvalue weighted by Gasteiger charge is 2.33. The Bertz CT molecular complexity index is 612. The van der Waals surface area contributed by atoms with Crippen molar-refractivity contribution >= 4 is 39.7 Å². The van der Waals surface area contributed by atoms with Crippen LogP contribution in [0, 0.1) is 0 Å². The quantitative estimate of drug-likeness (QED) is 0.922. The zero-order valence-electron chi connectivity index (χ0n) is 9.91. The molecule has 1 aromatic carbocycles. The lowest BCUT2D eigenvalue weighted by atomic mass is 10.1. The lowest BCUT2D eigenvalue weighted by Crippen LogP contribution is -2.24. The fraction of sp³-hybridized carbons (Fsp3) is 0.250. The van der Waals surface area contributed by atoms with Crippen molar-refractivity contribution in [2.24, 2.45) is 0 Å². The fourth-order valence-corrected chi connectivity index (χ4v) is 2.98. The number of nitrogen functional groups attached to an aromatic ring is 1. The van der Waals surface area contributed by atoms with Gasteiger partial charge in [-0.1, -0.05) is 22.9 Å². The Morgan fingerprint density at radius 1 is 1.32 bits per heavy atom.